The third-order valence-electron chi connectivity index (χ3n) is 2.12. The Bertz CT molecular complexity index is 306. The number of ether oxygens (including phenoxy) is 1. The van der Waals surface area contributed by atoms with Gasteiger partial charge in [0.25, 0.3) is 0 Å². The topological polar surface area (TPSA) is 26.3 Å². The summed E-state index contributed by atoms with van der Waals surface area (Å²) >= 11 is 1.67. The van der Waals surface area contributed by atoms with Crippen molar-refractivity contribution in [3.63, 3.8) is 0 Å². The summed E-state index contributed by atoms with van der Waals surface area (Å²) in [6, 6.07) is 7.57. The Hall–Kier alpha value is -0.960. The van der Waals surface area contributed by atoms with Crippen LogP contribution >= 0.6 is 11.8 Å². The molecule has 0 aromatic heterocycles. The highest BCUT2D eigenvalue weighted by Gasteiger charge is 2.05. The SMILES string of the molecule is CCc1ccc(C(=O)OCCSC)cc1. The van der Waals surface area contributed by atoms with Crippen molar-refractivity contribution in [1.29, 1.82) is 0 Å². The number of hydrogen-bond acceptors (Lipinski definition) is 3. The van der Waals surface area contributed by atoms with Crippen LogP contribution in [0.25, 0.3) is 0 Å². The molecular weight excluding hydrogens is 208 g/mol. The molecule has 1 aromatic carbocycles. The number of thioether (sulfide) groups is 1. The van der Waals surface area contributed by atoms with Crippen molar-refractivity contribution in [3.05, 3.63) is 35.4 Å². The summed E-state index contributed by atoms with van der Waals surface area (Å²) in [5, 5.41) is 0. The first-order valence-electron chi connectivity index (χ1n) is 5.03. The molecule has 0 aliphatic rings. The minimum Gasteiger partial charge on any atom is -0.461 e. The summed E-state index contributed by atoms with van der Waals surface area (Å²) in [5.74, 6) is 0.616. The molecule has 15 heavy (non-hydrogen) atoms. The predicted molar refractivity (Wildman–Crippen MR) is 64.5 cm³/mol. The minimum atomic E-state index is -0.230. The molecule has 0 radical (unpaired) electrons. The predicted octanol–water partition coefficient (Wildman–Crippen LogP) is 2.77. The first-order chi connectivity index (χ1) is 7.27. The quantitative estimate of drug-likeness (QED) is 0.568. The van der Waals surface area contributed by atoms with Gasteiger partial charge in [-0.25, -0.2) is 4.79 Å². The molecule has 3 heteroatoms. The van der Waals surface area contributed by atoms with E-state index in [4.69, 9.17) is 4.74 Å². The van der Waals surface area contributed by atoms with Crippen LogP contribution in [-0.4, -0.2) is 24.6 Å². The monoisotopic (exact) mass is 224 g/mol. The highest BCUT2D eigenvalue weighted by Crippen LogP contribution is 2.06. The summed E-state index contributed by atoms with van der Waals surface area (Å²) in [7, 11) is 0. The van der Waals surface area contributed by atoms with Crippen molar-refractivity contribution in [2.45, 2.75) is 13.3 Å². The van der Waals surface area contributed by atoms with E-state index in [0.717, 1.165) is 12.2 Å². The van der Waals surface area contributed by atoms with Crippen molar-refractivity contribution in [1.82, 2.24) is 0 Å². The van der Waals surface area contributed by atoms with Gasteiger partial charge in [0, 0.05) is 5.75 Å². The van der Waals surface area contributed by atoms with Crippen molar-refractivity contribution in [3.8, 4) is 0 Å². The lowest BCUT2D eigenvalue weighted by molar-refractivity contribution is 0.0530. The highest BCUT2D eigenvalue weighted by molar-refractivity contribution is 7.98. The molecule has 0 aliphatic heterocycles. The molecular formula is C12H16O2S. The summed E-state index contributed by atoms with van der Waals surface area (Å²) in [5.41, 5.74) is 1.86. The fraction of sp³-hybridized carbons (Fsp3) is 0.417. The Morgan fingerprint density at radius 2 is 2.00 bits per heavy atom. The third-order valence-corrected chi connectivity index (χ3v) is 2.69. The van der Waals surface area contributed by atoms with Crippen LogP contribution in [0.1, 0.15) is 22.8 Å². The molecule has 1 aromatic rings. The van der Waals surface area contributed by atoms with Crippen molar-refractivity contribution in [2.24, 2.45) is 0 Å². The number of aryl methyl sites for hydroxylation is 1. The maximum absolute atomic E-state index is 11.5. The Morgan fingerprint density at radius 1 is 1.33 bits per heavy atom. The largest absolute Gasteiger partial charge is 0.461 e. The molecule has 0 amide bonds. The van der Waals surface area contributed by atoms with E-state index >= 15 is 0 Å². The summed E-state index contributed by atoms with van der Waals surface area (Å²) in [6.45, 7) is 2.57. The lowest BCUT2D eigenvalue weighted by atomic mass is 10.1. The molecule has 0 fully saturated rings. The van der Waals surface area contributed by atoms with Crippen LogP contribution < -0.4 is 0 Å². The van der Waals surface area contributed by atoms with E-state index in [1.165, 1.54) is 5.56 Å². The van der Waals surface area contributed by atoms with Gasteiger partial charge in [-0.1, -0.05) is 19.1 Å². The van der Waals surface area contributed by atoms with E-state index in [9.17, 15) is 4.79 Å². The van der Waals surface area contributed by atoms with Gasteiger partial charge in [0.1, 0.15) is 6.61 Å². The zero-order valence-corrected chi connectivity index (χ0v) is 9.97. The molecule has 0 N–H and O–H groups in total. The van der Waals surface area contributed by atoms with E-state index in [0.29, 0.717) is 12.2 Å². The van der Waals surface area contributed by atoms with Gasteiger partial charge in [-0.05, 0) is 30.4 Å². The van der Waals surface area contributed by atoms with Gasteiger partial charge in [0.15, 0.2) is 0 Å². The van der Waals surface area contributed by atoms with Crippen LogP contribution in [0.3, 0.4) is 0 Å². The number of carbonyl (C=O) groups excluding carboxylic acids is 1. The molecule has 0 bridgehead atoms. The van der Waals surface area contributed by atoms with Gasteiger partial charge in [-0.2, -0.15) is 11.8 Å². The van der Waals surface area contributed by atoms with Gasteiger partial charge in [0.05, 0.1) is 5.56 Å². The van der Waals surface area contributed by atoms with Gasteiger partial charge >= 0.3 is 5.97 Å². The van der Waals surface area contributed by atoms with E-state index in [-0.39, 0.29) is 5.97 Å². The van der Waals surface area contributed by atoms with Gasteiger partial charge < -0.3 is 4.74 Å². The first-order valence-corrected chi connectivity index (χ1v) is 6.42. The zero-order valence-electron chi connectivity index (χ0n) is 9.16. The maximum Gasteiger partial charge on any atom is 0.338 e. The number of carbonyl (C=O) groups is 1. The van der Waals surface area contributed by atoms with Gasteiger partial charge in [-0.3, -0.25) is 0 Å². The molecule has 0 atom stereocenters. The Morgan fingerprint density at radius 3 is 2.53 bits per heavy atom. The van der Waals surface area contributed by atoms with Crippen molar-refractivity contribution < 1.29 is 9.53 Å². The standard InChI is InChI=1S/C12H16O2S/c1-3-10-4-6-11(7-5-10)12(13)14-8-9-15-2/h4-7H,3,8-9H2,1-2H3. The number of esters is 1. The second kappa shape index (κ2) is 6.51. The van der Waals surface area contributed by atoms with Crippen LogP contribution in [0.4, 0.5) is 0 Å². The molecule has 2 nitrogen and oxygen atoms in total. The Kier molecular flexibility index (Phi) is 5.26. The molecule has 0 heterocycles. The van der Waals surface area contributed by atoms with Crippen LogP contribution in [0.2, 0.25) is 0 Å². The normalized spacial score (nSPS) is 10.0. The minimum absolute atomic E-state index is 0.230. The van der Waals surface area contributed by atoms with E-state index in [2.05, 4.69) is 6.92 Å². The highest BCUT2D eigenvalue weighted by atomic mass is 32.2. The molecule has 1 rings (SSSR count). The van der Waals surface area contributed by atoms with Gasteiger partial charge in [-0.15, -0.1) is 0 Å². The van der Waals surface area contributed by atoms with Crippen LogP contribution in [0.5, 0.6) is 0 Å². The fourth-order valence-electron chi connectivity index (χ4n) is 1.18. The van der Waals surface area contributed by atoms with Crippen LogP contribution in [0.15, 0.2) is 24.3 Å². The van der Waals surface area contributed by atoms with Gasteiger partial charge in [0.2, 0.25) is 0 Å². The smallest absolute Gasteiger partial charge is 0.338 e. The van der Waals surface area contributed by atoms with E-state index in [1.54, 1.807) is 11.8 Å². The average Bonchev–Trinajstić information content (AvgIpc) is 2.29. The lowest BCUT2D eigenvalue weighted by Gasteiger charge is -2.04. The summed E-state index contributed by atoms with van der Waals surface area (Å²) in [4.78, 5) is 11.5. The molecule has 0 unspecified atom stereocenters. The zero-order chi connectivity index (χ0) is 11.1. The van der Waals surface area contributed by atoms with E-state index < -0.39 is 0 Å². The maximum atomic E-state index is 11.5. The summed E-state index contributed by atoms with van der Waals surface area (Å²) < 4.78 is 5.08. The summed E-state index contributed by atoms with van der Waals surface area (Å²) in [6.07, 6.45) is 2.98. The Balaban J connectivity index is 2.50. The molecule has 0 saturated heterocycles. The van der Waals surface area contributed by atoms with E-state index in [1.807, 2.05) is 30.5 Å². The Labute approximate surface area is 95.0 Å². The molecule has 0 spiro atoms. The first kappa shape index (κ1) is 12.1. The molecule has 0 saturated carbocycles. The third kappa shape index (κ3) is 3.96. The second-order valence-corrected chi connectivity index (χ2v) is 4.16. The molecule has 82 valence electrons. The van der Waals surface area contributed by atoms with Crippen LogP contribution in [0, 0.1) is 0 Å². The number of hydrogen-bond donors (Lipinski definition) is 0. The number of rotatable bonds is 5. The lowest BCUT2D eigenvalue weighted by Crippen LogP contribution is -2.07. The fourth-order valence-corrected chi connectivity index (χ4v) is 1.43. The van der Waals surface area contributed by atoms with Crippen molar-refractivity contribution in [2.75, 3.05) is 18.6 Å². The molecule has 0 aliphatic carbocycles. The van der Waals surface area contributed by atoms with Crippen LogP contribution in [-0.2, 0) is 11.2 Å². The second-order valence-electron chi connectivity index (χ2n) is 3.18. The number of benzene rings is 1. The van der Waals surface area contributed by atoms with Crippen molar-refractivity contribution >= 4 is 17.7 Å². The average molecular weight is 224 g/mol.